The molecule has 19 heavy (non-hydrogen) atoms. The molecule has 0 bridgehead atoms. The zero-order valence-electron chi connectivity index (χ0n) is 12.3. The zero-order chi connectivity index (χ0) is 13.8. The molecule has 0 unspecified atom stereocenters. The second-order valence-corrected chi connectivity index (χ2v) is 5.58. The number of para-hydroxylation sites is 1. The summed E-state index contributed by atoms with van der Waals surface area (Å²) in [6, 6.07) is 10.8. The number of hydrogen-bond donors (Lipinski definition) is 0. The van der Waals surface area contributed by atoms with Crippen LogP contribution in [-0.2, 0) is 13.0 Å². The second kappa shape index (κ2) is 6.13. The third-order valence-electron chi connectivity index (χ3n) is 3.16. The standard InChI is InChI=1S/C16H23N3/c1-18(2)11-10-15-9-8-13-6-5-7-14(12-19(3)4)16(13)17-15/h5-9H,10-12H2,1-4H3. The highest BCUT2D eigenvalue weighted by atomic mass is 15.1. The fourth-order valence-corrected chi connectivity index (χ4v) is 2.19. The Morgan fingerprint density at radius 2 is 1.74 bits per heavy atom. The lowest BCUT2D eigenvalue weighted by Crippen LogP contribution is -2.16. The molecular formula is C16H23N3. The molecule has 1 aromatic heterocycles. The maximum absolute atomic E-state index is 4.85. The average Bonchev–Trinajstić information content (AvgIpc) is 2.36. The van der Waals surface area contributed by atoms with Crippen molar-refractivity contribution < 1.29 is 0 Å². The van der Waals surface area contributed by atoms with Gasteiger partial charge in [-0.2, -0.15) is 0 Å². The first-order valence-corrected chi connectivity index (χ1v) is 6.73. The summed E-state index contributed by atoms with van der Waals surface area (Å²) in [4.78, 5) is 9.22. The molecule has 0 spiro atoms. The molecule has 0 atom stereocenters. The summed E-state index contributed by atoms with van der Waals surface area (Å²) < 4.78 is 0. The minimum absolute atomic E-state index is 0.932. The molecule has 0 saturated heterocycles. The van der Waals surface area contributed by atoms with Gasteiger partial charge in [-0.25, -0.2) is 0 Å². The first-order valence-electron chi connectivity index (χ1n) is 6.73. The molecule has 3 nitrogen and oxygen atoms in total. The van der Waals surface area contributed by atoms with E-state index >= 15 is 0 Å². The molecule has 0 aliphatic carbocycles. The summed E-state index contributed by atoms with van der Waals surface area (Å²) in [5, 5.41) is 1.23. The number of hydrogen-bond acceptors (Lipinski definition) is 3. The van der Waals surface area contributed by atoms with Crippen LogP contribution in [0.1, 0.15) is 11.3 Å². The SMILES string of the molecule is CN(C)CCc1ccc2cccc(CN(C)C)c2n1. The van der Waals surface area contributed by atoms with E-state index in [4.69, 9.17) is 4.98 Å². The van der Waals surface area contributed by atoms with E-state index < -0.39 is 0 Å². The van der Waals surface area contributed by atoms with Crippen molar-refractivity contribution in [3.05, 3.63) is 41.6 Å². The van der Waals surface area contributed by atoms with E-state index in [2.05, 4.69) is 68.3 Å². The molecule has 0 saturated carbocycles. The van der Waals surface area contributed by atoms with Gasteiger partial charge in [-0.3, -0.25) is 4.98 Å². The van der Waals surface area contributed by atoms with Crippen LogP contribution in [0.2, 0.25) is 0 Å². The van der Waals surface area contributed by atoms with Gasteiger partial charge in [0.15, 0.2) is 0 Å². The maximum atomic E-state index is 4.85. The fraction of sp³-hybridized carbons (Fsp3) is 0.438. The Labute approximate surface area is 115 Å². The molecule has 102 valence electrons. The molecule has 0 aliphatic rings. The van der Waals surface area contributed by atoms with Gasteiger partial charge >= 0.3 is 0 Å². The number of pyridine rings is 1. The number of rotatable bonds is 5. The Morgan fingerprint density at radius 1 is 0.947 bits per heavy atom. The number of nitrogens with zero attached hydrogens (tertiary/aromatic N) is 3. The Kier molecular flexibility index (Phi) is 4.51. The van der Waals surface area contributed by atoms with Gasteiger partial charge < -0.3 is 9.80 Å². The van der Waals surface area contributed by atoms with Gasteiger partial charge in [0.2, 0.25) is 0 Å². The molecule has 0 fully saturated rings. The highest BCUT2D eigenvalue weighted by Crippen LogP contribution is 2.18. The highest BCUT2D eigenvalue weighted by molar-refractivity contribution is 5.81. The van der Waals surface area contributed by atoms with Crippen LogP contribution < -0.4 is 0 Å². The van der Waals surface area contributed by atoms with Crippen molar-refractivity contribution in [2.45, 2.75) is 13.0 Å². The van der Waals surface area contributed by atoms with Crippen molar-refractivity contribution >= 4 is 10.9 Å². The third-order valence-corrected chi connectivity index (χ3v) is 3.16. The molecule has 0 aliphatic heterocycles. The number of likely N-dealkylation sites (N-methyl/N-ethyl adjacent to an activating group) is 1. The summed E-state index contributed by atoms with van der Waals surface area (Å²) in [5.74, 6) is 0. The monoisotopic (exact) mass is 257 g/mol. The molecule has 0 radical (unpaired) electrons. The molecule has 1 aromatic carbocycles. The predicted molar refractivity (Wildman–Crippen MR) is 81.4 cm³/mol. The van der Waals surface area contributed by atoms with Crippen molar-refractivity contribution in [1.82, 2.24) is 14.8 Å². The van der Waals surface area contributed by atoms with E-state index in [-0.39, 0.29) is 0 Å². The summed E-state index contributed by atoms with van der Waals surface area (Å²) in [7, 11) is 8.38. The van der Waals surface area contributed by atoms with Crippen molar-refractivity contribution in [2.75, 3.05) is 34.7 Å². The zero-order valence-corrected chi connectivity index (χ0v) is 12.3. The van der Waals surface area contributed by atoms with Crippen LogP contribution in [-0.4, -0.2) is 49.5 Å². The average molecular weight is 257 g/mol. The minimum atomic E-state index is 0.932. The summed E-state index contributed by atoms with van der Waals surface area (Å²) >= 11 is 0. The molecule has 0 amide bonds. The predicted octanol–water partition coefficient (Wildman–Crippen LogP) is 2.40. The largest absolute Gasteiger partial charge is 0.309 e. The van der Waals surface area contributed by atoms with E-state index in [1.54, 1.807) is 0 Å². The quantitative estimate of drug-likeness (QED) is 0.820. The Balaban J connectivity index is 2.33. The lowest BCUT2D eigenvalue weighted by molar-refractivity contribution is 0.403. The fourth-order valence-electron chi connectivity index (χ4n) is 2.19. The van der Waals surface area contributed by atoms with Crippen molar-refractivity contribution in [2.24, 2.45) is 0 Å². The topological polar surface area (TPSA) is 19.4 Å². The van der Waals surface area contributed by atoms with E-state index in [1.807, 2.05) is 0 Å². The molecule has 2 aromatic rings. The van der Waals surface area contributed by atoms with Crippen LogP contribution >= 0.6 is 0 Å². The maximum Gasteiger partial charge on any atom is 0.0750 e. The highest BCUT2D eigenvalue weighted by Gasteiger charge is 2.05. The van der Waals surface area contributed by atoms with Crippen LogP contribution in [0.3, 0.4) is 0 Å². The molecule has 1 heterocycles. The van der Waals surface area contributed by atoms with Crippen LogP contribution in [0.15, 0.2) is 30.3 Å². The molecule has 2 rings (SSSR count). The van der Waals surface area contributed by atoms with Crippen LogP contribution in [0.4, 0.5) is 0 Å². The van der Waals surface area contributed by atoms with Crippen LogP contribution in [0, 0.1) is 0 Å². The Hall–Kier alpha value is -1.45. The lowest BCUT2D eigenvalue weighted by Gasteiger charge is -2.13. The van der Waals surface area contributed by atoms with Crippen molar-refractivity contribution in [3.63, 3.8) is 0 Å². The third kappa shape index (κ3) is 3.75. The van der Waals surface area contributed by atoms with E-state index in [1.165, 1.54) is 16.6 Å². The van der Waals surface area contributed by atoms with Crippen molar-refractivity contribution in [3.8, 4) is 0 Å². The number of benzene rings is 1. The van der Waals surface area contributed by atoms with Gasteiger partial charge in [0.25, 0.3) is 0 Å². The van der Waals surface area contributed by atoms with E-state index in [0.717, 1.165) is 25.0 Å². The summed E-state index contributed by atoms with van der Waals surface area (Å²) in [6.07, 6.45) is 0.999. The number of fused-ring (bicyclic) bond motifs is 1. The van der Waals surface area contributed by atoms with Crippen molar-refractivity contribution in [1.29, 1.82) is 0 Å². The Bertz CT molecular complexity index is 547. The van der Waals surface area contributed by atoms with Gasteiger partial charge in [0, 0.05) is 30.6 Å². The second-order valence-electron chi connectivity index (χ2n) is 5.58. The van der Waals surface area contributed by atoms with Gasteiger partial charge in [0.1, 0.15) is 0 Å². The van der Waals surface area contributed by atoms with Gasteiger partial charge in [0.05, 0.1) is 5.52 Å². The lowest BCUT2D eigenvalue weighted by atomic mass is 10.1. The first-order chi connectivity index (χ1) is 9.06. The smallest absolute Gasteiger partial charge is 0.0750 e. The minimum Gasteiger partial charge on any atom is -0.309 e. The van der Waals surface area contributed by atoms with E-state index in [0.29, 0.717) is 0 Å². The first kappa shape index (κ1) is 14.0. The molecule has 0 N–H and O–H groups in total. The summed E-state index contributed by atoms with van der Waals surface area (Å²) in [5.41, 5.74) is 3.62. The van der Waals surface area contributed by atoms with Gasteiger partial charge in [-0.05, 0) is 39.8 Å². The molecular weight excluding hydrogens is 234 g/mol. The summed E-state index contributed by atoms with van der Waals surface area (Å²) in [6.45, 7) is 1.97. The van der Waals surface area contributed by atoms with Gasteiger partial charge in [-0.1, -0.05) is 24.3 Å². The number of aromatic nitrogens is 1. The van der Waals surface area contributed by atoms with Gasteiger partial charge in [-0.15, -0.1) is 0 Å². The van der Waals surface area contributed by atoms with E-state index in [9.17, 15) is 0 Å². The normalized spacial score (nSPS) is 11.7. The Morgan fingerprint density at radius 3 is 2.42 bits per heavy atom. The van der Waals surface area contributed by atoms with Crippen LogP contribution in [0.25, 0.3) is 10.9 Å². The molecule has 3 heteroatoms. The van der Waals surface area contributed by atoms with Crippen LogP contribution in [0.5, 0.6) is 0 Å².